The first-order chi connectivity index (χ1) is 18.5. The minimum Gasteiger partial charge on any atom is -0.496 e. The Morgan fingerprint density at radius 1 is 1.11 bits per heavy atom. The quantitative estimate of drug-likeness (QED) is 0.359. The molecule has 0 spiro atoms. The number of amides is 1. The molecule has 5 aromatic rings. The van der Waals surface area contributed by atoms with Crippen LogP contribution in [0.15, 0.2) is 59.7 Å². The summed E-state index contributed by atoms with van der Waals surface area (Å²) in [5.41, 5.74) is 3.74. The van der Waals surface area contributed by atoms with Crippen molar-refractivity contribution in [1.29, 1.82) is 0 Å². The molecule has 0 unspecified atom stereocenters. The molecule has 1 aliphatic rings. The Morgan fingerprint density at radius 2 is 1.87 bits per heavy atom. The van der Waals surface area contributed by atoms with Gasteiger partial charge in [-0.05, 0) is 31.0 Å². The van der Waals surface area contributed by atoms with Gasteiger partial charge in [0.1, 0.15) is 12.1 Å². The number of piperidine rings is 1. The van der Waals surface area contributed by atoms with E-state index >= 15 is 0 Å². The largest absolute Gasteiger partial charge is 0.496 e. The van der Waals surface area contributed by atoms with Gasteiger partial charge in [-0.1, -0.05) is 30.3 Å². The Morgan fingerprint density at radius 3 is 2.68 bits per heavy atom. The Balaban J connectivity index is 1.22. The maximum atomic E-state index is 13.1. The summed E-state index contributed by atoms with van der Waals surface area (Å²) < 4.78 is 8.94. The maximum Gasteiger partial charge on any atom is 0.326 e. The van der Waals surface area contributed by atoms with Gasteiger partial charge in [0.25, 0.3) is 5.91 Å². The average Bonchev–Trinajstić information content (AvgIpc) is 3.48. The second kappa shape index (κ2) is 9.66. The highest BCUT2D eigenvalue weighted by Crippen LogP contribution is 2.30. The van der Waals surface area contributed by atoms with Crippen molar-refractivity contribution in [1.82, 2.24) is 34.4 Å². The summed E-state index contributed by atoms with van der Waals surface area (Å²) in [6, 6.07) is 15.4. The second-order valence-electron chi connectivity index (χ2n) is 9.39. The number of hydrogen-bond acceptors (Lipinski definition) is 7. The first-order valence-corrected chi connectivity index (χ1v) is 12.6. The third-order valence-corrected chi connectivity index (χ3v) is 7.22. The lowest BCUT2D eigenvalue weighted by molar-refractivity contribution is 0.0937. The predicted molar refractivity (Wildman–Crippen MR) is 144 cm³/mol. The zero-order chi connectivity index (χ0) is 26.2. The number of H-pyrrole nitrogens is 1. The molecule has 0 aliphatic carbocycles. The van der Waals surface area contributed by atoms with Gasteiger partial charge in [-0.15, -0.1) is 0 Å². The number of benzene rings is 2. The highest BCUT2D eigenvalue weighted by Gasteiger charge is 2.27. The van der Waals surface area contributed by atoms with Gasteiger partial charge in [0, 0.05) is 38.3 Å². The molecule has 0 bridgehead atoms. The molecule has 4 heterocycles. The molecule has 1 saturated heterocycles. The van der Waals surface area contributed by atoms with Crippen LogP contribution in [0.1, 0.15) is 35.1 Å². The van der Waals surface area contributed by atoms with Crippen LogP contribution in [0, 0.1) is 0 Å². The Hall–Kier alpha value is -4.67. The van der Waals surface area contributed by atoms with Crippen molar-refractivity contribution in [3.63, 3.8) is 0 Å². The summed E-state index contributed by atoms with van der Waals surface area (Å²) in [6.07, 6.45) is 3.07. The number of ether oxygens (including phenoxy) is 1. The zero-order valence-electron chi connectivity index (χ0n) is 21.2. The number of anilines is 1. The summed E-state index contributed by atoms with van der Waals surface area (Å²) >= 11 is 0. The molecule has 0 atom stereocenters. The Labute approximate surface area is 218 Å². The van der Waals surface area contributed by atoms with E-state index in [4.69, 9.17) is 4.74 Å². The smallest absolute Gasteiger partial charge is 0.326 e. The van der Waals surface area contributed by atoms with Gasteiger partial charge in [-0.2, -0.15) is 0 Å². The lowest BCUT2D eigenvalue weighted by atomic mass is 10.0. The molecule has 2 N–H and O–H groups in total. The SMILES string of the molecule is COc1ccccc1CNC(=O)c1nc2c(N3CCC(n4c(=O)[nH]c5ccccc54)CC3)ncnc2n1C. The number of methoxy groups -OCH3 is 1. The summed E-state index contributed by atoms with van der Waals surface area (Å²) in [4.78, 5) is 44.4. The highest BCUT2D eigenvalue weighted by atomic mass is 16.5. The molecule has 38 heavy (non-hydrogen) atoms. The Kier molecular flexibility index (Phi) is 6.02. The Bertz CT molecular complexity index is 1690. The van der Waals surface area contributed by atoms with E-state index in [9.17, 15) is 9.59 Å². The van der Waals surface area contributed by atoms with E-state index in [0.29, 0.717) is 42.4 Å². The van der Waals surface area contributed by atoms with E-state index in [1.54, 1.807) is 18.7 Å². The zero-order valence-corrected chi connectivity index (χ0v) is 21.2. The van der Waals surface area contributed by atoms with Gasteiger partial charge in [0.05, 0.1) is 18.1 Å². The van der Waals surface area contributed by atoms with Crippen molar-refractivity contribution < 1.29 is 9.53 Å². The summed E-state index contributed by atoms with van der Waals surface area (Å²) in [7, 11) is 3.38. The molecule has 1 fully saturated rings. The van der Waals surface area contributed by atoms with Crippen LogP contribution in [0.4, 0.5) is 5.82 Å². The van der Waals surface area contributed by atoms with Crippen molar-refractivity contribution >= 4 is 33.9 Å². The van der Waals surface area contributed by atoms with Crippen LogP contribution in [0.2, 0.25) is 0 Å². The molecule has 1 aliphatic heterocycles. The molecular weight excluding hydrogens is 484 g/mol. The van der Waals surface area contributed by atoms with Crippen LogP contribution >= 0.6 is 0 Å². The van der Waals surface area contributed by atoms with Crippen molar-refractivity contribution in [2.75, 3.05) is 25.1 Å². The van der Waals surface area contributed by atoms with Crippen LogP contribution < -0.4 is 20.6 Å². The van der Waals surface area contributed by atoms with E-state index in [1.807, 2.05) is 53.1 Å². The molecular formula is C27H28N8O3. The summed E-state index contributed by atoms with van der Waals surface area (Å²) in [5.74, 6) is 1.36. The first-order valence-electron chi connectivity index (χ1n) is 12.6. The number of carbonyl (C=O) groups excluding carboxylic acids is 1. The number of aromatic nitrogens is 6. The van der Waals surface area contributed by atoms with E-state index < -0.39 is 0 Å². The van der Waals surface area contributed by atoms with E-state index in [1.165, 1.54) is 6.33 Å². The normalized spacial score (nSPS) is 14.3. The van der Waals surface area contributed by atoms with Crippen LogP contribution in [0.25, 0.3) is 22.2 Å². The van der Waals surface area contributed by atoms with Gasteiger partial charge < -0.3 is 24.5 Å². The molecule has 11 nitrogen and oxygen atoms in total. The fourth-order valence-electron chi connectivity index (χ4n) is 5.30. The van der Waals surface area contributed by atoms with Gasteiger partial charge in [0.15, 0.2) is 17.0 Å². The minimum absolute atomic E-state index is 0.0809. The van der Waals surface area contributed by atoms with E-state index in [0.717, 1.165) is 29.4 Å². The first kappa shape index (κ1) is 23.7. The number of para-hydroxylation sites is 3. The molecule has 194 valence electrons. The van der Waals surface area contributed by atoms with Crippen molar-refractivity contribution in [2.24, 2.45) is 7.05 Å². The summed E-state index contributed by atoms with van der Waals surface area (Å²) in [6.45, 7) is 1.72. The van der Waals surface area contributed by atoms with Crippen molar-refractivity contribution in [3.05, 3.63) is 76.7 Å². The van der Waals surface area contributed by atoms with Crippen LogP contribution in [0.5, 0.6) is 5.75 Å². The monoisotopic (exact) mass is 512 g/mol. The summed E-state index contributed by atoms with van der Waals surface area (Å²) in [5, 5.41) is 2.93. The predicted octanol–water partition coefficient (Wildman–Crippen LogP) is 2.79. The average molecular weight is 513 g/mol. The minimum atomic E-state index is -0.306. The number of nitrogens with one attached hydrogen (secondary N) is 2. The fourth-order valence-corrected chi connectivity index (χ4v) is 5.30. The molecule has 0 radical (unpaired) electrons. The van der Waals surface area contributed by atoms with Crippen molar-refractivity contribution in [3.8, 4) is 5.75 Å². The third kappa shape index (κ3) is 4.05. The second-order valence-corrected chi connectivity index (χ2v) is 9.39. The fraction of sp³-hybridized carbons (Fsp3) is 0.296. The molecule has 0 saturated carbocycles. The lowest BCUT2D eigenvalue weighted by Gasteiger charge is -2.33. The van der Waals surface area contributed by atoms with Gasteiger partial charge >= 0.3 is 5.69 Å². The number of nitrogens with zero attached hydrogens (tertiary/aromatic N) is 6. The number of aryl methyl sites for hydroxylation is 1. The lowest BCUT2D eigenvalue weighted by Crippen LogP contribution is -2.37. The van der Waals surface area contributed by atoms with E-state index in [-0.39, 0.29) is 23.5 Å². The number of aromatic amines is 1. The highest BCUT2D eigenvalue weighted by molar-refractivity contribution is 5.96. The van der Waals surface area contributed by atoms with Gasteiger partial charge in [-0.3, -0.25) is 9.36 Å². The maximum absolute atomic E-state index is 13.1. The number of rotatable bonds is 6. The van der Waals surface area contributed by atoms with Crippen molar-refractivity contribution in [2.45, 2.75) is 25.4 Å². The number of fused-ring (bicyclic) bond motifs is 2. The van der Waals surface area contributed by atoms with E-state index in [2.05, 4.69) is 30.2 Å². The third-order valence-electron chi connectivity index (χ3n) is 7.22. The van der Waals surface area contributed by atoms with Gasteiger partial charge in [0.2, 0.25) is 5.82 Å². The number of hydrogen-bond donors (Lipinski definition) is 2. The number of imidazole rings is 2. The molecule has 11 heteroatoms. The van der Waals surface area contributed by atoms with Gasteiger partial charge in [-0.25, -0.2) is 19.7 Å². The molecule has 3 aromatic heterocycles. The topological polar surface area (TPSA) is 123 Å². The number of carbonyl (C=O) groups is 1. The molecule has 2 aromatic carbocycles. The molecule has 1 amide bonds. The van der Waals surface area contributed by atoms with Crippen LogP contribution in [-0.4, -0.2) is 55.2 Å². The standard InChI is InChI=1S/C27H28N8O3/c1-33-23-22(32-25(33)26(36)28-15-17-7-3-6-10-21(17)38-2)24(30-16-29-23)34-13-11-18(12-14-34)35-20-9-5-4-8-19(20)31-27(35)37/h3-10,16,18H,11-15H2,1-2H3,(H,28,36)(H,31,37). The van der Waals surface area contributed by atoms with Crippen LogP contribution in [-0.2, 0) is 13.6 Å². The van der Waals surface area contributed by atoms with Crippen LogP contribution in [0.3, 0.4) is 0 Å². The molecule has 6 rings (SSSR count).